The molecule has 0 spiro atoms. The van der Waals surface area contributed by atoms with Crippen molar-refractivity contribution in [1.29, 1.82) is 5.26 Å². The van der Waals surface area contributed by atoms with Gasteiger partial charge in [0.25, 0.3) is 5.91 Å². The van der Waals surface area contributed by atoms with Gasteiger partial charge in [0.2, 0.25) is 0 Å². The molecule has 1 aromatic heterocycles. The Bertz CT molecular complexity index is 1040. The van der Waals surface area contributed by atoms with Crippen LogP contribution >= 0.6 is 0 Å². The van der Waals surface area contributed by atoms with Crippen LogP contribution in [-0.4, -0.2) is 35.1 Å². The molecule has 3 rings (SSSR count). The fourth-order valence-electron chi connectivity index (χ4n) is 3.91. The molecule has 0 bridgehead atoms. The number of nitrogens with zero attached hydrogens (tertiary/aromatic N) is 4. The van der Waals surface area contributed by atoms with Crippen LogP contribution in [-0.2, 0) is 6.42 Å². The molecule has 1 saturated heterocycles. The van der Waals surface area contributed by atoms with Gasteiger partial charge >= 0.3 is 0 Å². The van der Waals surface area contributed by atoms with Crippen LogP contribution in [0.2, 0.25) is 0 Å². The van der Waals surface area contributed by atoms with Gasteiger partial charge in [0.15, 0.2) is 0 Å². The predicted octanol–water partition coefficient (Wildman–Crippen LogP) is 6.02. The number of piperidine rings is 1. The van der Waals surface area contributed by atoms with Gasteiger partial charge in [0, 0.05) is 37.3 Å². The Morgan fingerprint density at radius 1 is 1.24 bits per heavy atom. The number of aliphatic imine (C=N–C) groups is 1. The molecule has 0 radical (unpaired) electrons. The van der Waals surface area contributed by atoms with E-state index in [9.17, 15) is 10.1 Å². The highest BCUT2D eigenvalue weighted by molar-refractivity contribution is 5.99. The van der Waals surface area contributed by atoms with E-state index in [1.165, 1.54) is 11.1 Å². The van der Waals surface area contributed by atoms with E-state index < -0.39 is 5.41 Å². The smallest absolute Gasteiger partial charge is 0.256 e. The first-order valence-corrected chi connectivity index (χ1v) is 11.5. The summed E-state index contributed by atoms with van der Waals surface area (Å²) in [5.41, 5.74) is 3.74. The summed E-state index contributed by atoms with van der Waals surface area (Å²) in [5.74, 6) is -0.0711. The number of benzene rings is 1. The maximum atomic E-state index is 13.3. The number of amides is 1. The Hall–Kier alpha value is -3.52. The molecule has 0 saturated carbocycles. The van der Waals surface area contributed by atoms with E-state index in [0.29, 0.717) is 49.2 Å². The molecule has 1 aliphatic rings. The number of nitriles is 1. The first kappa shape index (κ1) is 25.7. The van der Waals surface area contributed by atoms with Crippen molar-refractivity contribution in [3.63, 3.8) is 0 Å². The Kier molecular flexibility index (Phi) is 9.75. The lowest BCUT2D eigenvalue weighted by molar-refractivity contribution is 0.0646. The van der Waals surface area contributed by atoms with Crippen LogP contribution in [0.1, 0.15) is 60.8 Å². The summed E-state index contributed by atoms with van der Waals surface area (Å²) in [6.45, 7) is 12.8. The third-order valence-corrected chi connectivity index (χ3v) is 5.80. The van der Waals surface area contributed by atoms with Gasteiger partial charge in [0.05, 0.1) is 22.7 Å². The molecule has 5 nitrogen and oxygen atoms in total. The van der Waals surface area contributed by atoms with Crippen molar-refractivity contribution in [1.82, 2.24) is 9.88 Å². The highest BCUT2D eigenvalue weighted by Crippen LogP contribution is 2.35. The monoisotopic (exact) mass is 442 g/mol. The van der Waals surface area contributed by atoms with Crippen molar-refractivity contribution in [2.75, 3.05) is 13.1 Å². The zero-order valence-electron chi connectivity index (χ0n) is 20.2. The van der Waals surface area contributed by atoms with E-state index in [2.05, 4.69) is 53.8 Å². The van der Waals surface area contributed by atoms with Crippen LogP contribution in [0.25, 0.3) is 5.57 Å². The summed E-state index contributed by atoms with van der Waals surface area (Å²) in [5, 5.41) is 9.94. The maximum Gasteiger partial charge on any atom is 0.256 e. The van der Waals surface area contributed by atoms with Gasteiger partial charge in [-0.3, -0.25) is 14.8 Å². The second kappa shape index (κ2) is 12.5. The van der Waals surface area contributed by atoms with Crippen LogP contribution in [0.15, 0.2) is 66.4 Å². The summed E-state index contributed by atoms with van der Waals surface area (Å²) < 4.78 is 0. The fraction of sp³-hybridized carbons (Fsp3) is 0.357. The quantitative estimate of drug-likeness (QED) is 0.405. The second-order valence-electron chi connectivity index (χ2n) is 7.94. The van der Waals surface area contributed by atoms with Crippen molar-refractivity contribution in [2.45, 2.75) is 47.0 Å². The average Bonchev–Trinajstić information content (AvgIpc) is 2.87. The zero-order valence-corrected chi connectivity index (χ0v) is 20.2. The van der Waals surface area contributed by atoms with Gasteiger partial charge in [-0.25, -0.2) is 0 Å². The topological polar surface area (TPSA) is 69.3 Å². The minimum absolute atomic E-state index is 0.0711. The summed E-state index contributed by atoms with van der Waals surface area (Å²) in [6, 6.07) is 14.5. The summed E-state index contributed by atoms with van der Waals surface area (Å²) >= 11 is 0. The number of hydrogen-bond donors (Lipinski definition) is 0. The van der Waals surface area contributed by atoms with E-state index in [4.69, 9.17) is 0 Å². The largest absolute Gasteiger partial charge is 0.338 e. The molecule has 1 amide bonds. The number of carbonyl (C=O) groups excluding carboxylic acids is 1. The molecular weight excluding hydrogens is 408 g/mol. The van der Waals surface area contributed by atoms with Crippen molar-refractivity contribution in [2.24, 2.45) is 10.4 Å². The molecule has 2 aromatic rings. The summed E-state index contributed by atoms with van der Waals surface area (Å²) in [4.78, 5) is 23.7. The molecule has 2 heterocycles. The van der Waals surface area contributed by atoms with Crippen LogP contribution in [0.3, 0.4) is 0 Å². The van der Waals surface area contributed by atoms with Crippen molar-refractivity contribution < 1.29 is 4.79 Å². The Labute approximate surface area is 198 Å². The number of hydrogen-bond acceptors (Lipinski definition) is 4. The van der Waals surface area contributed by atoms with E-state index in [1.807, 2.05) is 25.7 Å². The van der Waals surface area contributed by atoms with Crippen LogP contribution in [0, 0.1) is 23.7 Å². The van der Waals surface area contributed by atoms with Crippen molar-refractivity contribution in [3.05, 3.63) is 83.8 Å². The van der Waals surface area contributed by atoms with Gasteiger partial charge in [-0.2, -0.15) is 5.26 Å². The number of aromatic nitrogens is 1. The molecule has 5 heteroatoms. The summed E-state index contributed by atoms with van der Waals surface area (Å²) in [6.07, 6.45) is 8.68. The molecule has 0 N–H and O–H groups in total. The van der Waals surface area contributed by atoms with Gasteiger partial charge in [-0.1, -0.05) is 56.3 Å². The Morgan fingerprint density at radius 3 is 2.48 bits per heavy atom. The zero-order chi connectivity index (χ0) is 24.3. The normalized spacial score (nSPS) is 15.4. The van der Waals surface area contributed by atoms with Crippen LogP contribution in [0.4, 0.5) is 0 Å². The molecule has 0 atom stereocenters. The highest BCUT2D eigenvalue weighted by atomic mass is 16.2. The van der Waals surface area contributed by atoms with E-state index >= 15 is 0 Å². The lowest BCUT2D eigenvalue weighted by atomic mass is 9.75. The van der Waals surface area contributed by atoms with Crippen LogP contribution < -0.4 is 0 Å². The standard InChI is InChI=1S/C26H28N4O.C2H6/c1-4-22(18-28-5-2)24-23(7-6-14-29-24)25(31)30-15-12-26(19-27,13-16-30)17-21-10-8-20(3)9-11-21;1-2/h4-11,14,18H,1,12-13,15-17H2,2-3H3;1-2H3/b22-18+,28-5?;. The minimum atomic E-state index is -0.439. The van der Waals surface area contributed by atoms with Gasteiger partial charge in [-0.15, -0.1) is 0 Å². The third kappa shape index (κ3) is 6.49. The van der Waals surface area contributed by atoms with Crippen molar-refractivity contribution in [3.8, 4) is 6.07 Å². The molecule has 1 aliphatic heterocycles. The molecule has 0 unspecified atom stereocenters. The van der Waals surface area contributed by atoms with E-state index in [0.717, 1.165) is 0 Å². The molecule has 33 heavy (non-hydrogen) atoms. The lowest BCUT2D eigenvalue weighted by Gasteiger charge is -2.37. The minimum Gasteiger partial charge on any atom is -0.338 e. The molecular formula is C28H34N4O. The number of rotatable bonds is 6. The fourth-order valence-corrected chi connectivity index (χ4v) is 3.91. The second-order valence-corrected chi connectivity index (χ2v) is 7.94. The maximum absolute atomic E-state index is 13.3. The number of carbonyl (C=O) groups is 1. The number of pyridine rings is 1. The van der Waals surface area contributed by atoms with Gasteiger partial charge < -0.3 is 4.90 Å². The SMILES string of the molecule is C=C/C(=C\N=CC)c1ncccc1C(=O)N1CCC(C#N)(Cc2ccc(C)cc2)CC1.CC. The summed E-state index contributed by atoms with van der Waals surface area (Å²) in [7, 11) is 0. The Morgan fingerprint density at radius 2 is 1.91 bits per heavy atom. The number of allylic oxidation sites excluding steroid dienone is 2. The van der Waals surface area contributed by atoms with Crippen molar-refractivity contribution >= 4 is 17.7 Å². The highest BCUT2D eigenvalue weighted by Gasteiger charge is 2.37. The molecule has 1 fully saturated rings. The molecule has 0 aliphatic carbocycles. The van der Waals surface area contributed by atoms with Gasteiger partial charge in [-0.05, 0) is 50.8 Å². The number of aryl methyl sites for hydroxylation is 1. The van der Waals surface area contributed by atoms with E-state index in [-0.39, 0.29) is 5.91 Å². The first-order chi connectivity index (χ1) is 16.0. The molecule has 1 aromatic carbocycles. The lowest BCUT2D eigenvalue weighted by Crippen LogP contribution is -2.43. The first-order valence-electron chi connectivity index (χ1n) is 11.5. The van der Waals surface area contributed by atoms with Gasteiger partial charge in [0.1, 0.15) is 0 Å². The van der Waals surface area contributed by atoms with Crippen LogP contribution in [0.5, 0.6) is 0 Å². The van der Waals surface area contributed by atoms with E-state index in [1.54, 1.807) is 36.8 Å². The third-order valence-electron chi connectivity index (χ3n) is 5.80. The molecule has 172 valence electrons. The average molecular weight is 443 g/mol. The Balaban J connectivity index is 0.00000187. The number of likely N-dealkylation sites (tertiary alicyclic amines) is 1. The predicted molar refractivity (Wildman–Crippen MR) is 136 cm³/mol.